The van der Waals surface area contributed by atoms with Crippen molar-refractivity contribution in [3.05, 3.63) is 30.0 Å². The van der Waals surface area contributed by atoms with Gasteiger partial charge in [-0.15, -0.1) is 5.06 Å². The molecule has 0 aliphatic carbocycles. The monoisotopic (exact) mass is 344 g/mol. The van der Waals surface area contributed by atoms with Crippen LogP contribution in [0.15, 0.2) is 30.0 Å². The molecule has 1 aromatic heterocycles. The van der Waals surface area contributed by atoms with E-state index >= 15 is 0 Å². The van der Waals surface area contributed by atoms with Crippen LogP contribution in [0.5, 0.6) is 0 Å². The van der Waals surface area contributed by atoms with Gasteiger partial charge in [0.2, 0.25) is 0 Å². The van der Waals surface area contributed by atoms with Gasteiger partial charge in [0.25, 0.3) is 0 Å². The second kappa shape index (κ2) is 8.76. The lowest BCUT2D eigenvalue weighted by atomic mass is 9.91. The molecule has 3 rings (SSSR count). The zero-order valence-corrected chi connectivity index (χ0v) is 14.3. The first-order valence-electron chi connectivity index (χ1n) is 8.84. The van der Waals surface area contributed by atoms with Gasteiger partial charge in [-0.1, -0.05) is 6.07 Å². The lowest BCUT2D eigenvalue weighted by molar-refractivity contribution is -0.186. The van der Waals surface area contributed by atoms with Gasteiger partial charge in [0.1, 0.15) is 17.3 Å². The Morgan fingerprint density at radius 3 is 2.64 bits per heavy atom. The summed E-state index contributed by atoms with van der Waals surface area (Å²) < 4.78 is 0. The minimum absolute atomic E-state index is 0.124. The highest BCUT2D eigenvalue weighted by atomic mass is 16.7. The summed E-state index contributed by atoms with van der Waals surface area (Å²) in [5.41, 5.74) is 0.124. The molecule has 2 saturated heterocycles. The molecular formula is C18H24N4O3. The van der Waals surface area contributed by atoms with E-state index in [1.807, 2.05) is 18.2 Å². The molecule has 0 bridgehead atoms. The highest BCUT2D eigenvalue weighted by molar-refractivity contribution is 5.96. The Morgan fingerprint density at radius 1 is 1.24 bits per heavy atom. The van der Waals surface area contributed by atoms with Crippen LogP contribution >= 0.6 is 0 Å². The summed E-state index contributed by atoms with van der Waals surface area (Å²) in [5, 5.41) is 4.90. The van der Waals surface area contributed by atoms with Crippen molar-refractivity contribution < 1.29 is 14.4 Å². The Kier molecular flexibility index (Phi) is 6.17. The van der Waals surface area contributed by atoms with Gasteiger partial charge in [-0.05, 0) is 50.4 Å². The van der Waals surface area contributed by atoms with Crippen molar-refractivity contribution in [1.29, 1.82) is 0 Å². The number of hydrogen-bond donors (Lipinski definition) is 1. The number of carbonyl (C=O) groups excluding carboxylic acids is 2. The van der Waals surface area contributed by atoms with Crippen LogP contribution in [0.4, 0.5) is 5.82 Å². The highest BCUT2D eigenvalue weighted by Gasteiger charge is 2.25. The topological polar surface area (TPSA) is 74.8 Å². The van der Waals surface area contributed by atoms with E-state index in [0.29, 0.717) is 25.4 Å². The number of nitrogens with one attached hydrogen (secondary N) is 1. The maximum absolute atomic E-state index is 12.3. The number of nitrogens with zero attached hydrogens (tertiary/aromatic N) is 3. The second-order valence-corrected chi connectivity index (χ2v) is 6.46. The first-order chi connectivity index (χ1) is 12.3. The average Bonchev–Trinajstić information content (AvgIpc) is 2.68. The van der Waals surface area contributed by atoms with Gasteiger partial charge in [0.05, 0.1) is 13.1 Å². The number of anilines is 1. The van der Waals surface area contributed by atoms with Gasteiger partial charge in [0, 0.05) is 19.3 Å². The fraction of sp³-hybridized carbons (Fsp3) is 0.556. The summed E-state index contributed by atoms with van der Waals surface area (Å²) in [6.07, 6.45) is 4.17. The summed E-state index contributed by atoms with van der Waals surface area (Å²) in [6.45, 7) is 4.48. The van der Waals surface area contributed by atoms with Crippen LogP contribution in [-0.2, 0) is 14.4 Å². The number of rotatable bonds is 5. The molecule has 0 saturated carbocycles. The number of carbonyl (C=O) groups is 1. The molecule has 7 heteroatoms. The first-order valence-corrected chi connectivity index (χ1v) is 8.84. The zero-order chi connectivity index (χ0) is 17.5. The number of piperazine rings is 1. The smallest absolute Gasteiger partial charge is 0.363 e. The molecule has 0 amide bonds. The predicted octanol–water partition coefficient (Wildman–Crippen LogP) is 0.809. The quantitative estimate of drug-likeness (QED) is 0.626. The van der Waals surface area contributed by atoms with E-state index in [2.05, 4.69) is 15.2 Å². The third-order valence-corrected chi connectivity index (χ3v) is 4.75. The van der Waals surface area contributed by atoms with E-state index < -0.39 is 5.97 Å². The molecule has 3 heterocycles. The molecular weight excluding hydrogens is 320 g/mol. The van der Waals surface area contributed by atoms with Crippen LogP contribution in [0.3, 0.4) is 0 Å². The van der Waals surface area contributed by atoms with Crippen LogP contribution in [0.2, 0.25) is 0 Å². The lowest BCUT2D eigenvalue weighted by Crippen LogP contribution is -2.47. The van der Waals surface area contributed by atoms with Crippen LogP contribution in [0.25, 0.3) is 0 Å². The molecule has 0 radical (unpaired) electrons. The summed E-state index contributed by atoms with van der Waals surface area (Å²) in [7, 11) is 0. The number of pyridine rings is 1. The van der Waals surface area contributed by atoms with Crippen LogP contribution in [0, 0.1) is 5.92 Å². The van der Waals surface area contributed by atoms with Gasteiger partial charge in [-0.25, -0.2) is 14.6 Å². The van der Waals surface area contributed by atoms with Crippen LogP contribution < -0.4 is 10.2 Å². The van der Waals surface area contributed by atoms with E-state index in [1.54, 1.807) is 17.2 Å². The summed E-state index contributed by atoms with van der Waals surface area (Å²) in [5.74, 6) is 2.52. The average molecular weight is 344 g/mol. The van der Waals surface area contributed by atoms with Crippen molar-refractivity contribution in [2.24, 2.45) is 5.92 Å². The SMILES string of the molecule is O=C=C(CC1CCNCC1)C(=O)ON1CCN(c2ccccn2)CC1. The Hall–Kier alpha value is -2.21. The van der Waals surface area contributed by atoms with E-state index in [4.69, 9.17) is 4.84 Å². The molecule has 2 aliphatic rings. The molecule has 2 fully saturated rings. The summed E-state index contributed by atoms with van der Waals surface area (Å²) in [6, 6.07) is 5.81. The Bertz CT molecular complexity index is 616. The maximum atomic E-state index is 12.3. The fourth-order valence-corrected chi connectivity index (χ4v) is 3.26. The Labute approximate surface area is 147 Å². The highest BCUT2D eigenvalue weighted by Crippen LogP contribution is 2.21. The van der Waals surface area contributed by atoms with Crippen molar-refractivity contribution in [3.63, 3.8) is 0 Å². The molecule has 134 valence electrons. The third-order valence-electron chi connectivity index (χ3n) is 4.75. The molecule has 2 aliphatic heterocycles. The molecule has 0 aromatic carbocycles. The molecule has 0 atom stereocenters. The normalized spacial score (nSPS) is 19.3. The van der Waals surface area contributed by atoms with E-state index in [1.165, 1.54) is 0 Å². The standard InChI is InChI=1S/C18H24N4O3/c23-14-16(13-15-4-7-19-8-5-15)18(24)25-22-11-9-21(10-12-22)17-3-1-2-6-20-17/h1-3,6,15,19H,4-5,7-13H2. The largest absolute Gasteiger partial charge is 0.364 e. The first kappa shape index (κ1) is 17.6. The van der Waals surface area contributed by atoms with Crippen LogP contribution in [-0.4, -0.2) is 61.2 Å². The number of piperidine rings is 1. The van der Waals surface area contributed by atoms with E-state index in [-0.39, 0.29) is 5.57 Å². The number of hydroxylamine groups is 2. The van der Waals surface area contributed by atoms with Crippen molar-refractivity contribution in [2.75, 3.05) is 44.2 Å². The minimum Gasteiger partial charge on any atom is -0.363 e. The predicted molar refractivity (Wildman–Crippen MR) is 93.5 cm³/mol. The van der Waals surface area contributed by atoms with Crippen LogP contribution in [0.1, 0.15) is 19.3 Å². The zero-order valence-electron chi connectivity index (χ0n) is 14.3. The summed E-state index contributed by atoms with van der Waals surface area (Å²) >= 11 is 0. The second-order valence-electron chi connectivity index (χ2n) is 6.46. The minimum atomic E-state index is -0.556. The third kappa shape index (κ3) is 4.89. The van der Waals surface area contributed by atoms with Gasteiger partial charge in [-0.2, -0.15) is 0 Å². The molecule has 1 aromatic rings. The Morgan fingerprint density at radius 2 is 2.00 bits per heavy atom. The maximum Gasteiger partial charge on any atom is 0.364 e. The molecule has 25 heavy (non-hydrogen) atoms. The molecule has 0 unspecified atom stereocenters. The van der Waals surface area contributed by atoms with Gasteiger partial charge in [-0.3, -0.25) is 0 Å². The summed E-state index contributed by atoms with van der Waals surface area (Å²) in [4.78, 5) is 35.3. The van der Waals surface area contributed by atoms with Crippen molar-refractivity contribution in [2.45, 2.75) is 19.3 Å². The molecule has 0 spiro atoms. The van der Waals surface area contributed by atoms with Crippen molar-refractivity contribution in [1.82, 2.24) is 15.4 Å². The van der Waals surface area contributed by atoms with Gasteiger partial charge >= 0.3 is 5.97 Å². The molecule has 1 N–H and O–H groups in total. The van der Waals surface area contributed by atoms with E-state index in [9.17, 15) is 9.59 Å². The van der Waals surface area contributed by atoms with Gasteiger partial charge in [0.15, 0.2) is 0 Å². The fourth-order valence-electron chi connectivity index (χ4n) is 3.26. The molecule has 7 nitrogen and oxygen atoms in total. The Balaban J connectivity index is 1.47. The van der Waals surface area contributed by atoms with E-state index in [0.717, 1.165) is 44.8 Å². The van der Waals surface area contributed by atoms with Crippen molar-refractivity contribution >= 4 is 17.7 Å². The number of hydrogen-bond acceptors (Lipinski definition) is 7. The number of aromatic nitrogens is 1. The van der Waals surface area contributed by atoms with Gasteiger partial charge < -0.3 is 15.1 Å². The van der Waals surface area contributed by atoms with Crippen molar-refractivity contribution in [3.8, 4) is 0 Å². The lowest BCUT2D eigenvalue weighted by Gasteiger charge is -2.34.